The second kappa shape index (κ2) is 13.4. The van der Waals surface area contributed by atoms with E-state index in [0.717, 1.165) is 11.4 Å². The number of nitrogens with zero attached hydrogens (tertiary/aromatic N) is 6. The Bertz CT molecular complexity index is 1600. The Morgan fingerprint density at radius 1 is 1.14 bits per heavy atom. The molecule has 5 rings (SSSR count). The molecule has 13 nitrogen and oxygen atoms in total. The van der Waals surface area contributed by atoms with E-state index in [1.165, 1.54) is 11.2 Å². The van der Waals surface area contributed by atoms with Gasteiger partial charge in [0.25, 0.3) is 5.91 Å². The average molecular weight is 589 g/mol. The van der Waals surface area contributed by atoms with E-state index in [2.05, 4.69) is 25.8 Å². The Morgan fingerprint density at radius 3 is 2.81 bits per heavy atom. The zero-order valence-corrected chi connectivity index (χ0v) is 24.5. The van der Waals surface area contributed by atoms with Gasteiger partial charge >= 0.3 is 0 Å². The molecule has 1 aliphatic rings. The first-order valence-electron chi connectivity index (χ1n) is 14.3. The molecule has 2 N–H and O–H groups in total. The van der Waals surface area contributed by atoms with Gasteiger partial charge in [0.15, 0.2) is 17.1 Å². The molecule has 13 heteroatoms. The van der Waals surface area contributed by atoms with Crippen molar-refractivity contribution >= 4 is 23.4 Å². The van der Waals surface area contributed by atoms with Crippen LogP contribution < -0.4 is 20.1 Å². The van der Waals surface area contributed by atoms with E-state index >= 15 is 0 Å². The van der Waals surface area contributed by atoms with Gasteiger partial charge < -0.3 is 29.6 Å². The van der Waals surface area contributed by atoms with Crippen molar-refractivity contribution in [2.24, 2.45) is 5.92 Å². The third-order valence-electron chi connectivity index (χ3n) is 7.28. The predicted molar refractivity (Wildman–Crippen MR) is 158 cm³/mol. The smallest absolute Gasteiger partial charge is 0.258 e. The number of rotatable bonds is 3. The molecule has 0 saturated carbocycles. The number of ether oxygens (including phenoxy) is 2. The molecule has 3 aromatic heterocycles. The first-order valence-corrected chi connectivity index (χ1v) is 14.3. The maximum atomic E-state index is 13.7. The molecular formula is C30H36N8O5. The second-order valence-electron chi connectivity index (χ2n) is 10.7. The third kappa shape index (κ3) is 6.76. The van der Waals surface area contributed by atoms with Crippen LogP contribution in [-0.4, -0.2) is 86.2 Å². The van der Waals surface area contributed by atoms with Crippen molar-refractivity contribution in [2.45, 2.75) is 39.3 Å². The monoisotopic (exact) mass is 588 g/mol. The molecule has 0 unspecified atom stereocenters. The standard InChI is InChI=1S/C30H36N8O5/c1-20(2)26-29(40)32-10-5-13-36-15-11-31-27(36)21-8-9-23(42-3)24(17-21)43-16-6-14-37(18-25(39)34-26)30(41)22-7-4-12-38-19-33-35-28(22)38/h4,7-9,11-12,15,17,19-20,26H,5-6,10,13-14,16,18H2,1-3H3,(H,32,40)(H,34,39)/t26-/m1/s1. The Morgan fingerprint density at radius 2 is 2.00 bits per heavy atom. The number of pyridine rings is 1. The fourth-order valence-corrected chi connectivity index (χ4v) is 5.06. The summed E-state index contributed by atoms with van der Waals surface area (Å²) >= 11 is 0. The van der Waals surface area contributed by atoms with Crippen LogP contribution in [0.2, 0.25) is 0 Å². The maximum absolute atomic E-state index is 13.7. The molecule has 1 aliphatic heterocycles. The van der Waals surface area contributed by atoms with Crippen LogP contribution in [0, 0.1) is 5.92 Å². The van der Waals surface area contributed by atoms with Crippen molar-refractivity contribution in [3.63, 3.8) is 0 Å². The van der Waals surface area contributed by atoms with Crippen molar-refractivity contribution in [1.82, 2.24) is 39.7 Å². The second-order valence-corrected chi connectivity index (χ2v) is 10.7. The van der Waals surface area contributed by atoms with Crippen LogP contribution in [0.3, 0.4) is 0 Å². The average Bonchev–Trinajstić information content (AvgIpc) is 3.68. The molecule has 4 heterocycles. The predicted octanol–water partition coefficient (Wildman–Crippen LogP) is 2.17. The van der Waals surface area contributed by atoms with E-state index in [1.807, 2.05) is 42.8 Å². The highest BCUT2D eigenvalue weighted by atomic mass is 16.5. The zero-order valence-electron chi connectivity index (χ0n) is 24.5. The number of methoxy groups -OCH3 is 1. The first kappa shape index (κ1) is 29.5. The van der Waals surface area contributed by atoms with Gasteiger partial charge in [0.05, 0.1) is 25.8 Å². The molecule has 2 bridgehead atoms. The Kier molecular flexibility index (Phi) is 9.18. The molecule has 0 saturated heterocycles. The van der Waals surface area contributed by atoms with Gasteiger partial charge in [-0.05, 0) is 49.1 Å². The normalized spacial score (nSPS) is 17.2. The number of benzene rings is 1. The van der Waals surface area contributed by atoms with Gasteiger partial charge in [0.1, 0.15) is 18.2 Å². The van der Waals surface area contributed by atoms with Crippen molar-refractivity contribution in [3.8, 4) is 22.9 Å². The van der Waals surface area contributed by atoms with Crippen LogP contribution in [0.4, 0.5) is 0 Å². The van der Waals surface area contributed by atoms with Gasteiger partial charge in [-0.1, -0.05) is 13.8 Å². The number of amides is 3. The number of nitrogens with one attached hydrogen (secondary N) is 2. The molecule has 1 aromatic carbocycles. The van der Waals surface area contributed by atoms with Crippen molar-refractivity contribution in [3.05, 3.63) is 60.8 Å². The summed E-state index contributed by atoms with van der Waals surface area (Å²) in [7, 11) is 1.58. The number of imidazole rings is 1. The van der Waals surface area contributed by atoms with Crippen LogP contribution in [-0.2, 0) is 16.1 Å². The number of aromatic nitrogens is 5. The number of hydrogen-bond donors (Lipinski definition) is 2. The van der Waals surface area contributed by atoms with Gasteiger partial charge in [0, 0.05) is 43.8 Å². The maximum Gasteiger partial charge on any atom is 0.258 e. The van der Waals surface area contributed by atoms with E-state index < -0.39 is 11.9 Å². The summed E-state index contributed by atoms with van der Waals surface area (Å²) in [6.45, 7) is 5.01. The van der Waals surface area contributed by atoms with E-state index in [1.54, 1.807) is 36.0 Å². The Balaban J connectivity index is 1.43. The van der Waals surface area contributed by atoms with Gasteiger partial charge in [-0.15, -0.1) is 10.2 Å². The minimum absolute atomic E-state index is 0.165. The molecule has 4 aromatic rings. The van der Waals surface area contributed by atoms with Crippen LogP contribution in [0.1, 0.15) is 37.0 Å². The number of carbonyl (C=O) groups excluding carboxylic acids is 3. The lowest BCUT2D eigenvalue weighted by atomic mass is 10.0. The Labute approximate surface area is 249 Å². The molecule has 1 atom stereocenters. The summed E-state index contributed by atoms with van der Waals surface area (Å²) in [5, 5.41) is 13.8. The number of carbonyl (C=O) groups is 3. The number of fused-ring (bicyclic) bond motifs is 5. The van der Waals surface area contributed by atoms with Gasteiger partial charge in [-0.2, -0.15) is 0 Å². The molecule has 226 valence electrons. The summed E-state index contributed by atoms with van der Waals surface area (Å²) in [6.07, 6.45) is 7.96. The first-order chi connectivity index (χ1) is 20.9. The zero-order chi connectivity index (χ0) is 30.3. The lowest BCUT2D eigenvalue weighted by Gasteiger charge is -2.26. The topological polar surface area (TPSA) is 145 Å². The fourth-order valence-electron chi connectivity index (χ4n) is 5.06. The highest BCUT2D eigenvalue weighted by Gasteiger charge is 2.27. The molecule has 0 radical (unpaired) electrons. The van der Waals surface area contributed by atoms with Gasteiger partial charge in [0.2, 0.25) is 11.8 Å². The van der Waals surface area contributed by atoms with Crippen LogP contribution in [0.5, 0.6) is 11.5 Å². The molecule has 43 heavy (non-hydrogen) atoms. The molecule has 3 amide bonds. The van der Waals surface area contributed by atoms with Gasteiger partial charge in [-0.25, -0.2) is 4.98 Å². The molecule has 0 aliphatic carbocycles. The van der Waals surface area contributed by atoms with Gasteiger partial charge in [-0.3, -0.25) is 18.8 Å². The van der Waals surface area contributed by atoms with Crippen molar-refractivity contribution in [2.75, 3.05) is 33.4 Å². The highest BCUT2D eigenvalue weighted by Crippen LogP contribution is 2.32. The van der Waals surface area contributed by atoms with Crippen molar-refractivity contribution < 1.29 is 23.9 Å². The molecule has 0 spiro atoms. The lowest BCUT2D eigenvalue weighted by Crippen LogP contribution is -2.52. The third-order valence-corrected chi connectivity index (χ3v) is 7.28. The quantitative estimate of drug-likeness (QED) is 0.371. The summed E-state index contributed by atoms with van der Waals surface area (Å²) in [5.74, 6) is 0.629. The summed E-state index contributed by atoms with van der Waals surface area (Å²) in [5.41, 5.74) is 1.56. The number of hydrogen-bond acceptors (Lipinski definition) is 8. The summed E-state index contributed by atoms with van der Waals surface area (Å²) in [6, 6.07) is 8.25. The minimum atomic E-state index is -0.757. The van der Waals surface area contributed by atoms with Crippen LogP contribution >= 0.6 is 0 Å². The fraction of sp³-hybridized carbons (Fsp3) is 0.400. The SMILES string of the molecule is COc1ccc2cc1OCCCN(C(=O)c1cccn3cnnc13)CC(=O)N[C@H](C(C)C)C(=O)NCCCn1ccnc1-2. The Hall–Kier alpha value is -4.94. The largest absolute Gasteiger partial charge is 0.493 e. The van der Waals surface area contributed by atoms with E-state index in [-0.39, 0.29) is 37.4 Å². The molecular weight excluding hydrogens is 552 g/mol. The van der Waals surface area contributed by atoms with Crippen LogP contribution in [0.25, 0.3) is 17.0 Å². The molecule has 0 fully saturated rings. The summed E-state index contributed by atoms with van der Waals surface area (Å²) < 4.78 is 15.3. The highest BCUT2D eigenvalue weighted by molar-refractivity contribution is 6.01. The van der Waals surface area contributed by atoms with Crippen molar-refractivity contribution in [1.29, 1.82) is 0 Å². The van der Waals surface area contributed by atoms with E-state index in [9.17, 15) is 14.4 Å². The number of aryl methyl sites for hydroxylation is 1. The minimum Gasteiger partial charge on any atom is -0.493 e. The van der Waals surface area contributed by atoms with E-state index in [0.29, 0.717) is 48.6 Å². The lowest BCUT2D eigenvalue weighted by molar-refractivity contribution is -0.130. The summed E-state index contributed by atoms with van der Waals surface area (Å²) in [4.78, 5) is 46.1. The van der Waals surface area contributed by atoms with Crippen LogP contribution in [0.15, 0.2) is 55.2 Å². The van der Waals surface area contributed by atoms with E-state index in [4.69, 9.17) is 9.47 Å².